The molecule has 22 heavy (non-hydrogen) atoms. The number of hydrogen-bond acceptors (Lipinski definition) is 5. The second kappa shape index (κ2) is 5.72. The Hall–Kier alpha value is -3.10. The van der Waals surface area contributed by atoms with Crippen LogP contribution in [0, 0.1) is 11.6 Å². The molecule has 2 aromatic heterocycles. The SMILES string of the molecule is O=C(Cn1nnc(-c2ccco2)n1)Nc1ccc(F)cc1F. The Balaban J connectivity index is 1.67. The zero-order valence-electron chi connectivity index (χ0n) is 11.0. The van der Waals surface area contributed by atoms with Gasteiger partial charge in [0.15, 0.2) is 5.76 Å². The van der Waals surface area contributed by atoms with Crippen molar-refractivity contribution in [2.24, 2.45) is 0 Å². The first-order valence-electron chi connectivity index (χ1n) is 6.18. The molecule has 1 amide bonds. The Morgan fingerprint density at radius 3 is 2.91 bits per heavy atom. The number of amides is 1. The number of halogens is 2. The highest BCUT2D eigenvalue weighted by atomic mass is 19.1. The summed E-state index contributed by atoms with van der Waals surface area (Å²) in [5, 5.41) is 13.7. The van der Waals surface area contributed by atoms with Crippen molar-refractivity contribution < 1.29 is 18.0 Å². The minimum absolute atomic E-state index is 0.127. The van der Waals surface area contributed by atoms with Gasteiger partial charge in [0, 0.05) is 6.07 Å². The molecule has 3 rings (SSSR count). The topological polar surface area (TPSA) is 85.8 Å². The maximum atomic E-state index is 13.4. The Kier molecular flexibility index (Phi) is 3.60. The normalized spacial score (nSPS) is 10.6. The molecule has 0 spiro atoms. The molecule has 0 aliphatic carbocycles. The third-order valence-electron chi connectivity index (χ3n) is 2.68. The Labute approximate surface area is 122 Å². The summed E-state index contributed by atoms with van der Waals surface area (Å²) in [7, 11) is 0. The molecule has 9 heteroatoms. The minimum Gasteiger partial charge on any atom is -0.461 e. The number of furan rings is 1. The predicted octanol–water partition coefficient (Wildman–Crippen LogP) is 1.85. The molecule has 0 bridgehead atoms. The molecule has 2 heterocycles. The van der Waals surface area contributed by atoms with Crippen LogP contribution in [0.15, 0.2) is 41.0 Å². The molecule has 0 atom stereocenters. The summed E-state index contributed by atoms with van der Waals surface area (Å²) < 4.78 is 31.3. The van der Waals surface area contributed by atoms with Crippen LogP contribution in [0.1, 0.15) is 0 Å². The molecule has 1 N–H and O–H groups in total. The van der Waals surface area contributed by atoms with Gasteiger partial charge in [-0.05, 0) is 29.5 Å². The number of carbonyl (C=O) groups is 1. The van der Waals surface area contributed by atoms with E-state index < -0.39 is 17.5 Å². The van der Waals surface area contributed by atoms with Crippen LogP contribution in [-0.4, -0.2) is 26.1 Å². The van der Waals surface area contributed by atoms with Crippen molar-refractivity contribution in [3.63, 3.8) is 0 Å². The first kappa shape index (κ1) is 13.9. The van der Waals surface area contributed by atoms with Gasteiger partial charge in [-0.2, -0.15) is 4.80 Å². The summed E-state index contributed by atoms with van der Waals surface area (Å²) in [4.78, 5) is 12.8. The van der Waals surface area contributed by atoms with E-state index in [0.29, 0.717) is 11.8 Å². The highest BCUT2D eigenvalue weighted by Crippen LogP contribution is 2.15. The van der Waals surface area contributed by atoms with E-state index in [1.165, 1.54) is 6.26 Å². The standard InChI is InChI=1S/C13H9F2N5O2/c14-8-3-4-10(9(15)6-8)16-12(21)7-20-18-13(17-19-20)11-2-1-5-22-11/h1-6H,7H2,(H,16,21). The van der Waals surface area contributed by atoms with E-state index in [4.69, 9.17) is 4.42 Å². The van der Waals surface area contributed by atoms with Gasteiger partial charge in [0.1, 0.15) is 18.2 Å². The highest BCUT2D eigenvalue weighted by Gasteiger charge is 2.12. The largest absolute Gasteiger partial charge is 0.461 e. The zero-order chi connectivity index (χ0) is 15.5. The number of nitrogens with one attached hydrogen (secondary N) is 1. The van der Waals surface area contributed by atoms with Gasteiger partial charge in [0.05, 0.1) is 12.0 Å². The summed E-state index contributed by atoms with van der Waals surface area (Å²) in [5.41, 5.74) is -0.127. The lowest BCUT2D eigenvalue weighted by atomic mass is 10.3. The van der Waals surface area contributed by atoms with Crippen LogP contribution in [0.5, 0.6) is 0 Å². The maximum absolute atomic E-state index is 13.4. The van der Waals surface area contributed by atoms with Crippen molar-refractivity contribution in [3.05, 3.63) is 48.2 Å². The first-order valence-corrected chi connectivity index (χ1v) is 6.18. The van der Waals surface area contributed by atoms with E-state index >= 15 is 0 Å². The number of benzene rings is 1. The molecule has 0 saturated carbocycles. The Morgan fingerprint density at radius 1 is 1.32 bits per heavy atom. The van der Waals surface area contributed by atoms with E-state index in [1.54, 1.807) is 12.1 Å². The molecule has 3 aromatic rings. The number of carbonyl (C=O) groups excluding carboxylic acids is 1. The quantitative estimate of drug-likeness (QED) is 0.795. The average molecular weight is 305 g/mol. The number of tetrazole rings is 1. The molecule has 0 aliphatic heterocycles. The van der Waals surface area contributed by atoms with Gasteiger partial charge < -0.3 is 9.73 Å². The van der Waals surface area contributed by atoms with Crippen molar-refractivity contribution in [3.8, 4) is 11.6 Å². The average Bonchev–Trinajstić information content (AvgIpc) is 3.12. The van der Waals surface area contributed by atoms with Gasteiger partial charge >= 0.3 is 0 Å². The summed E-state index contributed by atoms with van der Waals surface area (Å²) in [6.45, 7) is -0.273. The van der Waals surface area contributed by atoms with Crippen molar-refractivity contribution in [1.29, 1.82) is 0 Å². The van der Waals surface area contributed by atoms with E-state index in [2.05, 4.69) is 20.7 Å². The lowest BCUT2D eigenvalue weighted by molar-refractivity contribution is -0.117. The van der Waals surface area contributed by atoms with Crippen LogP contribution in [0.3, 0.4) is 0 Å². The van der Waals surface area contributed by atoms with Crippen LogP contribution < -0.4 is 5.32 Å². The molecule has 0 fully saturated rings. The van der Waals surface area contributed by atoms with Gasteiger partial charge in [-0.3, -0.25) is 4.79 Å². The summed E-state index contributed by atoms with van der Waals surface area (Å²) in [6.07, 6.45) is 1.46. The number of hydrogen-bond donors (Lipinski definition) is 1. The molecular weight excluding hydrogens is 296 g/mol. The van der Waals surface area contributed by atoms with Crippen LogP contribution in [0.4, 0.5) is 14.5 Å². The lowest BCUT2D eigenvalue weighted by Crippen LogP contribution is -2.21. The fraction of sp³-hybridized carbons (Fsp3) is 0.0769. The number of anilines is 1. The second-order valence-corrected chi connectivity index (χ2v) is 4.29. The number of nitrogens with zero attached hydrogens (tertiary/aromatic N) is 4. The Bertz CT molecular complexity index is 801. The number of aromatic nitrogens is 4. The maximum Gasteiger partial charge on any atom is 0.248 e. The molecule has 7 nitrogen and oxygen atoms in total. The van der Waals surface area contributed by atoms with Crippen molar-refractivity contribution in [2.45, 2.75) is 6.54 Å². The third kappa shape index (κ3) is 2.97. The van der Waals surface area contributed by atoms with Gasteiger partial charge in [0.25, 0.3) is 0 Å². The van der Waals surface area contributed by atoms with Crippen LogP contribution in [-0.2, 0) is 11.3 Å². The molecule has 112 valence electrons. The monoisotopic (exact) mass is 305 g/mol. The van der Waals surface area contributed by atoms with E-state index in [9.17, 15) is 13.6 Å². The third-order valence-corrected chi connectivity index (χ3v) is 2.68. The molecule has 0 unspecified atom stereocenters. The van der Waals surface area contributed by atoms with Gasteiger partial charge in [-0.15, -0.1) is 10.2 Å². The summed E-state index contributed by atoms with van der Waals surface area (Å²) in [6, 6.07) is 6.17. The highest BCUT2D eigenvalue weighted by molar-refractivity contribution is 5.90. The van der Waals surface area contributed by atoms with E-state index in [1.807, 2.05) is 0 Å². The summed E-state index contributed by atoms with van der Waals surface area (Å²) in [5.74, 6) is -1.52. The van der Waals surface area contributed by atoms with E-state index in [-0.39, 0.29) is 18.1 Å². The lowest BCUT2D eigenvalue weighted by Gasteiger charge is -2.05. The van der Waals surface area contributed by atoms with Crippen LogP contribution in [0.2, 0.25) is 0 Å². The molecule has 0 saturated heterocycles. The zero-order valence-corrected chi connectivity index (χ0v) is 11.0. The fourth-order valence-electron chi connectivity index (χ4n) is 1.72. The van der Waals surface area contributed by atoms with Gasteiger partial charge in [0.2, 0.25) is 11.7 Å². The van der Waals surface area contributed by atoms with Crippen molar-refractivity contribution >= 4 is 11.6 Å². The molecule has 0 aliphatic rings. The number of rotatable bonds is 4. The summed E-state index contributed by atoms with van der Waals surface area (Å²) >= 11 is 0. The second-order valence-electron chi connectivity index (χ2n) is 4.29. The predicted molar refractivity (Wildman–Crippen MR) is 70.5 cm³/mol. The van der Waals surface area contributed by atoms with Crippen LogP contribution >= 0.6 is 0 Å². The Morgan fingerprint density at radius 2 is 2.18 bits per heavy atom. The van der Waals surface area contributed by atoms with E-state index in [0.717, 1.165) is 16.9 Å². The van der Waals surface area contributed by atoms with Gasteiger partial charge in [-0.1, -0.05) is 0 Å². The minimum atomic E-state index is -0.865. The molecular formula is C13H9F2N5O2. The fourth-order valence-corrected chi connectivity index (χ4v) is 1.72. The molecule has 1 aromatic carbocycles. The van der Waals surface area contributed by atoms with Crippen LogP contribution in [0.25, 0.3) is 11.6 Å². The smallest absolute Gasteiger partial charge is 0.248 e. The van der Waals surface area contributed by atoms with Gasteiger partial charge in [-0.25, -0.2) is 8.78 Å². The molecule has 0 radical (unpaired) electrons. The van der Waals surface area contributed by atoms with Crippen molar-refractivity contribution in [2.75, 3.05) is 5.32 Å². The van der Waals surface area contributed by atoms with Crippen molar-refractivity contribution in [1.82, 2.24) is 20.2 Å². The first-order chi connectivity index (χ1) is 10.6.